The highest BCUT2D eigenvalue weighted by Crippen LogP contribution is 1.91. The standard InChI is InChI=1S/C6H10O5/c1-3(7)5(9)11-6(10)4(2)8/h3-4,7-8H,1-2H3/t3-,4-/m0/s1. The fourth-order valence-corrected chi connectivity index (χ4v) is 0.270. The first-order chi connectivity index (χ1) is 4.95. The second-order valence-corrected chi connectivity index (χ2v) is 2.09. The minimum atomic E-state index is -1.35. The van der Waals surface area contributed by atoms with E-state index in [1.165, 1.54) is 0 Å². The second-order valence-electron chi connectivity index (χ2n) is 2.09. The predicted molar refractivity (Wildman–Crippen MR) is 34.5 cm³/mol. The van der Waals surface area contributed by atoms with Gasteiger partial charge in [-0.05, 0) is 13.8 Å². The Balaban J connectivity index is 3.86. The van der Waals surface area contributed by atoms with Gasteiger partial charge in [-0.2, -0.15) is 0 Å². The molecule has 0 aliphatic rings. The van der Waals surface area contributed by atoms with Crippen molar-refractivity contribution in [3.05, 3.63) is 0 Å². The van der Waals surface area contributed by atoms with Crippen LogP contribution in [0.2, 0.25) is 0 Å². The van der Waals surface area contributed by atoms with E-state index in [1.807, 2.05) is 0 Å². The third kappa shape index (κ3) is 3.69. The highest BCUT2D eigenvalue weighted by atomic mass is 16.6. The van der Waals surface area contributed by atoms with Gasteiger partial charge >= 0.3 is 11.9 Å². The SMILES string of the molecule is C[C@H](O)C(=O)OC(=O)[C@H](C)O. The van der Waals surface area contributed by atoms with Crippen molar-refractivity contribution in [2.45, 2.75) is 26.1 Å². The van der Waals surface area contributed by atoms with E-state index in [-0.39, 0.29) is 0 Å². The minimum absolute atomic E-state index is 1.06. The molecule has 0 aliphatic heterocycles. The molecule has 0 unspecified atom stereocenters. The maximum atomic E-state index is 10.5. The third-order valence-electron chi connectivity index (χ3n) is 0.883. The van der Waals surface area contributed by atoms with Crippen molar-refractivity contribution < 1.29 is 24.5 Å². The van der Waals surface area contributed by atoms with E-state index in [4.69, 9.17) is 10.2 Å². The van der Waals surface area contributed by atoms with Crippen LogP contribution in [0, 0.1) is 0 Å². The summed E-state index contributed by atoms with van der Waals surface area (Å²) in [5.74, 6) is -2.12. The summed E-state index contributed by atoms with van der Waals surface area (Å²) in [6.45, 7) is 2.33. The molecule has 5 heteroatoms. The van der Waals surface area contributed by atoms with Crippen LogP contribution in [0.5, 0.6) is 0 Å². The van der Waals surface area contributed by atoms with Crippen LogP contribution in [0.1, 0.15) is 13.8 Å². The van der Waals surface area contributed by atoms with Crippen molar-refractivity contribution in [2.75, 3.05) is 0 Å². The summed E-state index contributed by atoms with van der Waals surface area (Å²) in [5.41, 5.74) is 0. The van der Waals surface area contributed by atoms with Gasteiger partial charge < -0.3 is 14.9 Å². The maximum Gasteiger partial charge on any atom is 0.342 e. The first-order valence-electron chi connectivity index (χ1n) is 3.06. The number of rotatable bonds is 2. The van der Waals surface area contributed by atoms with E-state index >= 15 is 0 Å². The van der Waals surface area contributed by atoms with Crippen LogP contribution < -0.4 is 0 Å². The lowest BCUT2D eigenvalue weighted by Gasteiger charge is -2.05. The minimum Gasteiger partial charge on any atom is -0.389 e. The Labute approximate surface area is 63.6 Å². The fourth-order valence-electron chi connectivity index (χ4n) is 0.270. The molecule has 0 radical (unpaired) electrons. The van der Waals surface area contributed by atoms with Gasteiger partial charge in [0, 0.05) is 0 Å². The molecule has 0 saturated carbocycles. The van der Waals surface area contributed by atoms with Gasteiger partial charge in [0.2, 0.25) is 0 Å². The normalized spacial score (nSPS) is 15.3. The molecule has 64 valence electrons. The molecule has 5 nitrogen and oxygen atoms in total. The Hall–Kier alpha value is -0.940. The van der Waals surface area contributed by atoms with Crippen LogP contribution >= 0.6 is 0 Å². The van der Waals surface area contributed by atoms with E-state index in [0.29, 0.717) is 0 Å². The lowest BCUT2D eigenvalue weighted by Crippen LogP contribution is -2.28. The maximum absolute atomic E-state index is 10.5. The highest BCUT2D eigenvalue weighted by Gasteiger charge is 2.18. The van der Waals surface area contributed by atoms with E-state index in [2.05, 4.69) is 4.74 Å². The van der Waals surface area contributed by atoms with Gasteiger partial charge in [0.05, 0.1) is 0 Å². The van der Waals surface area contributed by atoms with Crippen LogP contribution in [0.4, 0.5) is 0 Å². The number of aliphatic hydroxyl groups excluding tert-OH is 2. The molecule has 2 atom stereocenters. The topological polar surface area (TPSA) is 83.8 Å². The van der Waals surface area contributed by atoms with E-state index in [1.54, 1.807) is 0 Å². The first kappa shape index (κ1) is 10.1. The number of esters is 2. The van der Waals surface area contributed by atoms with Crippen LogP contribution in [0.3, 0.4) is 0 Å². The molecule has 0 heterocycles. The monoisotopic (exact) mass is 162 g/mol. The van der Waals surface area contributed by atoms with E-state index < -0.39 is 24.1 Å². The second kappa shape index (κ2) is 4.05. The Bertz CT molecular complexity index is 142. The summed E-state index contributed by atoms with van der Waals surface area (Å²) in [7, 11) is 0. The molecule has 0 fully saturated rings. The molecule has 0 saturated heterocycles. The quantitative estimate of drug-likeness (QED) is 0.394. The Morgan fingerprint density at radius 2 is 1.36 bits per heavy atom. The van der Waals surface area contributed by atoms with Gasteiger partial charge in [-0.15, -0.1) is 0 Å². The van der Waals surface area contributed by atoms with Gasteiger partial charge in [-0.25, -0.2) is 9.59 Å². The smallest absolute Gasteiger partial charge is 0.342 e. The predicted octanol–water partition coefficient (Wildman–Crippen LogP) is -1.18. The Morgan fingerprint density at radius 1 is 1.09 bits per heavy atom. The largest absolute Gasteiger partial charge is 0.389 e. The van der Waals surface area contributed by atoms with Gasteiger partial charge in [-0.1, -0.05) is 0 Å². The number of ether oxygens (including phenoxy) is 1. The number of carbonyl (C=O) groups excluding carboxylic acids is 2. The Kier molecular flexibility index (Phi) is 3.70. The zero-order valence-corrected chi connectivity index (χ0v) is 6.27. The molecule has 0 amide bonds. The number of aliphatic hydroxyl groups is 2. The summed E-state index contributed by atoms with van der Waals surface area (Å²) in [6.07, 6.45) is -2.70. The van der Waals surface area contributed by atoms with Crippen molar-refractivity contribution in [3.63, 3.8) is 0 Å². The molecule has 2 N–H and O–H groups in total. The van der Waals surface area contributed by atoms with Crippen LogP contribution in [0.25, 0.3) is 0 Å². The summed E-state index contributed by atoms with van der Waals surface area (Å²) >= 11 is 0. The van der Waals surface area contributed by atoms with Crippen molar-refractivity contribution >= 4 is 11.9 Å². The van der Waals surface area contributed by atoms with Gasteiger partial charge in [0.1, 0.15) is 12.2 Å². The van der Waals surface area contributed by atoms with E-state index in [9.17, 15) is 9.59 Å². The lowest BCUT2D eigenvalue weighted by atomic mass is 10.4. The van der Waals surface area contributed by atoms with Crippen molar-refractivity contribution in [1.82, 2.24) is 0 Å². The average Bonchev–Trinajstić information content (AvgIpc) is 1.87. The van der Waals surface area contributed by atoms with Crippen molar-refractivity contribution in [2.24, 2.45) is 0 Å². The van der Waals surface area contributed by atoms with Crippen molar-refractivity contribution in [3.8, 4) is 0 Å². The number of hydrogen-bond acceptors (Lipinski definition) is 5. The Morgan fingerprint density at radius 3 is 1.55 bits per heavy atom. The zero-order chi connectivity index (χ0) is 9.02. The summed E-state index contributed by atoms with van der Waals surface area (Å²) in [5, 5.41) is 17.1. The van der Waals surface area contributed by atoms with Crippen LogP contribution in [-0.4, -0.2) is 34.4 Å². The van der Waals surface area contributed by atoms with Gasteiger partial charge in [0.25, 0.3) is 0 Å². The molecule has 0 bridgehead atoms. The molecule has 0 aromatic carbocycles. The molecule has 0 aromatic heterocycles. The molecule has 0 aromatic rings. The molecular formula is C6H10O5. The summed E-state index contributed by atoms with van der Waals surface area (Å²) in [4.78, 5) is 20.9. The lowest BCUT2D eigenvalue weighted by molar-refractivity contribution is -0.170. The summed E-state index contributed by atoms with van der Waals surface area (Å²) < 4.78 is 4.00. The van der Waals surface area contributed by atoms with E-state index in [0.717, 1.165) is 13.8 Å². The molecule has 11 heavy (non-hydrogen) atoms. The van der Waals surface area contributed by atoms with Crippen molar-refractivity contribution in [1.29, 1.82) is 0 Å². The molecule has 0 rings (SSSR count). The third-order valence-corrected chi connectivity index (χ3v) is 0.883. The molecule has 0 spiro atoms. The first-order valence-corrected chi connectivity index (χ1v) is 3.06. The fraction of sp³-hybridized carbons (Fsp3) is 0.667. The molecular weight excluding hydrogens is 152 g/mol. The zero-order valence-electron chi connectivity index (χ0n) is 6.27. The van der Waals surface area contributed by atoms with Gasteiger partial charge in [-0.3, -0.25) is 0 Å². The molecule has 0 aliphatic carbocycles. The summed E-state index contributed by atoms with van der Waals surface area (Å²) in [6, 6.07) is 0. The van der Waals surface area contributed by atoms with Gasteiger partial charge in [0.15, 0.2) is 0 Å². The average molecular weight is 162 g/mol. The number of carbonyl (C=O) groups is 2. The van der Waals surface area contributed by atoms with Crippen LogP contribution in [-0.2, 0) is 14.3 Å². The highest BCUT2D eigenvalue weighted by molar-refractivity contribution is 5.89. The number of hydrogen-bond donors (Lipinski definition) is 2. The van der Waals surface area contributed by atoms with Crippen LogP contribution in [0.15, 0.2) is 0 Å².